The van der Waals surface area contributed by atoms with E-state index in [1.165, 1.54) is 36.4 Å². The third kappa shape index (κ3) is 8.14. The minimum Gasteiger partial charge on any atom is -0.406 e. The SMILES string of the molecule is Cc1cc(NCc2ccc(OC(F)(F)F)cc2)ccc1NC(=O)c1cc(NC(=O)[C@H]2[C@H](c3cc(Cl)cc(Cl)c3)C2(Cl)Cl)ccc1Cl. The summed E-state index contributed by atoms with van der Waals surface area (Å²) in [6.45, 7) is 2.14. The van der Waals surface area contributed by atoms with Crippen molar-refractivity contribution < 1.29 is 27.5 Å². The van der Waals surface area contributed by atoms with Gasteiger partial charge in [0.2, 0.25) is 5.91 Å². The number of benzene rings is 4. The molecule has 0 spiro atoms. The highest BCUT2D eigenvalue weighted by Crippen LogP contribution is 2.65. The van der Waals surface area contributed by atoms with Gasteiger partial charge in [-0.25, -0.2) is 0 Å². The summed E-state index contributed by atoms with van der Waals surface area (Å²) in [5.74, 6) is -2.60. The van der Waals surface area contributed by atoms with Gasteiger partial charge in [-0.2, -0.15) is 0 Å². The first kappa shape index (κ1) is 34.0. The van der Waals surface area contributed by atoms with Gasteiger partial charge < -0.3 is 20.7 Å². The van der Waals surface area contributed by atoms with Gasteiger partial charge in [0.25, 0.3) is 5.91 Å². The van der Waals surface area contributed by atoms with Gasteiger partial charge in [-0.1, -0.05) is 46.9 Å². The van der Waals surface area contributed by atoms with E-state index in [4.69, 9.17) is 58.0 Å². The summed E-state index contributed by atoms with van der Waals surface area (Å²) in [6, 6.07) is 20.1. The van der Waals surface area contributed by atoms with Crippen molar-refractivity contribution in [3.63, 3.8) is 0 Å². The van der Waals surface area contributed by atoms with Gasteiger partial charge in [0.15, 0.2) is 0 Å². The molecular formula is C32H23Cl5F3N3O3. The fourth-order valence-corrected chi connectivity index (χ4v) is 6.51. The zero-order chi connectivity index (χ0) is 33.4. The lowest BCUT2D eigenvalue weighted by molar-refractivity contribution is -0.274. The molecule has 0 bridgehead atoms. The van der Waals surface area contributed by atoms with Crippen LogP contribution in [0.1, 0.15) is 33.0 Å². The van der Waals surface area contributed by atoms with Crippen molar-refractivity contribution in [3.05, 3.63) is 116 Å². The number of anilines is 3. The maximum absolute atomic E-state index is 13.2. The zero-order valence-electron chi connectivity index (χ0n) is 23.6. The van der Waals surface area contributed by atoms with Gasteiger partial charge in [0.05, 0.1) is 16.5 Å². The lowest BCUT2D eigenvalue weighted by Gasteiger charge is -2.14. The van der Waals surface area contributed by atoms with Crippen molar-refractivity contribution in [1.29, 1.82) is 0 Å². The zero-order valence-corrected chi connectivity index (χ0v) is 27.4. The van der Waals surface area contributed by atoms with Gasteiger partial charge in [0, 0.05) is 39.6 Å². The summed E-state index contributed by atoms with van der Waals surface area (Å²) in [4.78, 5) is 26.4. The Morgan fingerprint density at radius 3 is 2.13 bits per heavy atom. The third-order valence-electron chi connectivity index (χ3n) is 7.19. The number of rotatable bonds is 9. The Balaban J connectivity index is 1.21. The van der Waals surface area contributed by atoms with Crippen molar-refractivity contribution in [2.45, 2.75) is 30.1 Å². The normalized spacial score (nSPS) is 16.8. The molecule has 240 valence electrons. The van der Waals surface area contributed by atoms with Gasteiger partial charge in [-0.15, -0.1) is 36.4 Å². The molecule has 3 N–H and O–H groups in total. The highest BCUT2D eigenvalue weighted by atomic mass is 35.5. The highest BCUT2D eigenvalue weighted by Gasteiger charge is 2.67. The molecule has 0 unspecified atom stereocenters. The van der Waals surface area contributed by atoms with E-state index in [1.54, 1.807) is 49.4 Å². The van der Waals surface area contributed by atoms with Crippen molar-refractivity contribution in [1.82, 2.24) is 0 Å². The predicted molar refractivity (Wildman–Crippen MR) is 177 cm³/mol. The molecule has 14 heteroatoms. The Kier molecular flexibility index (Phi) is 9.92. The van der Waals surface area contributed by atoms with Crippen LogP contribution in [0.3, 0.4) is 0 Å². The summed E-state index contributed by atoms with van der Waals surface area (Å²) < 4.78 is 39.6. The van der Waals surface area contributed by atoms with Crippen LogP contribution in [0.15, 0.2) is 78.9 Å². The number of alkyl halides is 5. The molecule has 1 aliphatic rings. The molecule has 0 aromatic heterocycles. The van der Waals surface area contributed by atoms with E-state index in [2.05, 4.69) is 20.7 Å². The number of hydrogen-bond donors (Lipinski definition) is 3. The van der Waals surface area contributed by atoms with Crippen LogP contribution in [0.5, 0.6) is 5.75 Å². The van der Waals surface area contributed by atoms with Crippen LogP contribution in [0, 0.1) is 12.8 Å². The number of carbonyl (C=O) groups excluding carboxylic acids is 2. The summed E-state index contributed by atoms with van der Waals surface area (Å²) in [5, 5.41) is 9.71. The van der Waals surface area contributed by atoms with Crippen LogP contribution in [-0.4, -0.2) is 22.5 Å². The number of halogens is 8. The number of nitrogens with one attached hydrogen (secondary N) is 3. The molecule has 1 aliphatic carbocycles. The highest BCUT2D eigenvalue weighted by molar-refractivity contribution is 6.53. The van der Waals surface area contributed by atoms with E-state index >= 15 is 0 Å². The summed E-state index contributed by atoms with van der Waals surface area (Å²) in [6.07, 6.45) is -4.75. The molecule has 1 saturated carbocycles. The fraction of sp³-hybridized carbons (Fsp3) is 0.188. The molecule has 0 heterocycles. The van der Waals surface area contributed by atoms with Crippen molar-refractivity contribution in [3.8, 4) is 5.75 Å². The Hall–Kier alpha value is -3.34. The molecule has 4 aromatic rings. The number of aryl methyl sites for hydroxylation is 1. The molecule has 6 nitrogen and oxygen atoms in total. The first-order valence-electron chi connectivity index (χ1n) is 13.6. The Morgan fingerprint density at radius 2 is 1.50 bits per heavy atom. The third-order valence-corrected chi connectivity index (χ3v) is 8.89. The minimum absolute atomic E-state index is 0.121. The molecule has 46 heavy (non-hydrogen) atoms. The Bertz CT molecular complexity index is 1780. The number of hydrogen-bond acceptors (Lipinski definition) is 4. The average Bonchev–Trinajstić information content (AvgIpc) is 3.55. The van der Waals surface area contributed by atoms with Crippen LogP contribution in [0.4, 0.5) is 30.2 Å². The molecule has 4 aromatic carbocycles. The Morgan fingerprint density at radius 1 is 0.848 bits per heavy atom. The maximum atomic E-state index is 13.2. The molecule has 1 fully saturated rings. The lowest BCUT2D eigenvalue weighted by atomic mass is 10.1. The average molecular weight is 732 g/mol. The van der Waals surface area contributed by atoms with Crippen molar-refractivity contribution in [2.24, 2.45) is 5.92 Å². The number of ether oxygens (including phenoxy) is 1. The molecular weight excluding hydrogens is 709 g/mol. The van der Waals surface area contributed by atoms with E-state index in [0.717, 1.165) is 16.8 Å². The number of amides is 2. The van der Waals surface area contributed by atoms with E-state index in [0.29, 0.717) is 33.5 Å². The topological polar surface area (TPSA) is 79.5 Å². The first-order valence-corrected chi connectivity index (χ1v) is 15.4. The lowest BCUT2D eigenvalue weighted by Crippen LogP contribution is -2.18. The van der Waals surface area contributed by atoms with Gasteiger partial charge >= 0.3 is 6.36 Å². The smallest absolute Gasteiger partial charge is 0.406 e. The largest absolute Gasteiger partial charge is 0.573 e. The molecule has 5 rings (SSSR count). The number of carbonyl (C=O) groups is 2. The van der Waals surface area contributed by atoms with Crippen molar-refractivity contribution in [2.75, 3.05) is 16.0 Å². The van der Waals surface area contributed by atoms with E-state index in [-0.39, 0.29) is 16.3 Å². The predicted octanol–water partition coefficient (Wildman–Crippen LogP) is 10.2. The van der Waals surface area contributed by atoms with Gasteiger partial charge in [-0.05, 0) is 90.3 Å². The van der Waals surface area contributed by atoms with Crippen molar-refractivity contribution >= 4 is 86.9 Å². The summed E-state index contributed by atoms with van der Waals surface area (Å²) in [7, 11) is 0. The molecule has 0 aliphatic heterocycles. The molecule has 0 saturated heterocycles. The fourth-order valence-electron chi connectivity index (χ4n) is 4.94. The van der Waals surface area contributed by atoms with Crippen LogP contribution in [0.2, 0.25) is 15.1 Å². The van der Waals surface area contributed by atoms with Crippen LogP contribution in [-0.2, 0) is 11.3 Å². The molecule has 2 amide bonds. The van der Waals surface area contributed by atoms with E-state index in [1.807, 2.05) is 0 Å². The monoisotopic (exact) mass is 729 g/mol. The standard InChI is InChI=1S/C32H23Cl5F3N3O3/c1-16-10-21(41-15-17-2-6-23(7-3-17)46-32(38,39)40)5-9-26(16)43-29(44)24-14-22(4-8-25(24)35)42-30(45)28-27(31(28,36)37)18-11-19(33)13-20(34)12-18/h2-14,27-28,41H,15H2,1H3,(H,42,45)(H,43,44)/t27-,28+/m0/s1. The summed E-state index contributed by atoms with van der Waals surface area (Å²) in [5.41, 5.74) is 3.77. The minimum atomic E-state index is -4.75. The van der Waals surface area contributed by atoms with Gasteiger partial charge in [-0.3, -0.25) is 9.59 Å². The van der Waals surface area contributed by atoms with E-state index in [9.17, 15) is 22.8 Å². The van der Waals surface area contributed by atoms with Crippen LogP contribution in [0.25, 0.3) is 0 Å². The molecule has 2 atom stereocenters. The second kappa shape index (κ2) is 13.4. The molecule has 0 radical (unpaired) electrons. The second-order valence-corrected chi connectivity index (χ2v) is 13.3. The second-order valence-electron chi connectivity index (χ2n) is 10.5. The summed E-state index contributed by atoms with van der Waals surface area (Å²) >= 11 is 31.5. The quantitative estimate of drug-likeness (QED) is 0.150. The first-order chi connectivity index (χ1) is 21.6. The van der Waals surface area contributed by atoms with Crippen LogP contribution >= 0.6 is 58.0 Å². The van der Waals surface area contributed by atoms with E-state index < -0.39 is 34.3 Å². The van der Waals surface area contributed by atoms with Gasteiger partial charge in [0.1, 0.15) is 10.1 Å². The van der Waals surface area contributed by atoms with Crippen LogP contribution < -0.4 is 20.7 Å². The Labute approximate surface area is 287 Å². The maximum Gasteiger partial charge on any atom is 0.573 e.